The van der Waals surface area contributed by atoms with Crippen LogP contribution in [0.25, 0.3) is 11.3 Å². The van der Waals surface area contributed by atoms with Crippen molar-refractivity contribution in [2.24, 2.45) is 5.10 Å². The first-order chi connectivity index (χ1) is 15.3. The molecule has 0 radical (unpaired) electrons. The van der Waals surface area contributed by atoms with Gasteiger partial charge >= 0.3 is 0 Å². The highest BCUT2D eigenvalue weighted by atomic mass is 32.2. The maximum atomic E-state index is 13.7. The highest BCUT2D eigenvalue weighted by molar-refractivity contribution is 7.89. The minimum atomic E-state index is -3.65. The second-order valence-corrected chi connectivity index (χ2v) is 10.3. The Hall–Kier alpha value is -2.66. The zero-order valence-electron chi connectivity index (χ0n) is 17.6. The number of anilines is 1. The lowest BCUT2D eigenvalue weighted by Gasteiger charge is -2.34. The number of hydrazone groups is 1. The van der Waals surface area contributed by atoms with Crippen LogP contribution in [0.2, 0.25) is 0 Å². The van der Waals surface area contributed by atoms with E-state index in [1.165, 1.54) is 27.9 Å². The largest absolute Gasteiger partial charge is 0.373 e. The standard InChI is InChI=1S/C22H23FN4O3S2/c1-15-12-27(13-16(2)30-15)32(28,29)19-8-5-7-17(10-19)21-14-31-22(25-21)26-24-11-18-6-3-4-9-20(18)23/h3-11,14-16H,12-13H2,1-2H3,(H,25,26)/b24-11+. The number of hydrogen-bond acceptors (Lipinski definition) is 7. The third kappa shape index (κ3) is 5.04. The Morgan fingerprint density at radius 1 is 1.19 bits per heavy atom. The molecule has 10 heteroatoms. The summed E-state index contributed by atoms with van der Waals surface area (Å²) in [6, 6.07) is 13.1. The van der Waals surface area contributed by atoms with Crippen molar-refractivity contribution in [1.82, 2.24) is 9.29 Å². The molecule has 1 saturated heterocycles. The Morgan fingerprint density at radius 3 is 2.69 bits per heavy atom. The molecule has 2 unspecified atom stereocenters. The van der Waals surface area contributed by atoms with E-state index in [4.69, 9.17) is 4.74 Å². The molecule has 2 atom stereocenters. The number of nitrogens with zero attached hydrogens (tertiary/aromatic N) is 3. The summed E-state index contributed by atoms with van der Waals surface area (Å²) in [4.78, 5) is 4.68. The van der Waals surface area contributed by atoms with Crippen LogP contribution in [0, 0.1) is 5.82 Å². The number of sulfonamides is 1. The average Bonchev–Trinajstić information content (AvgIpc) is 3.23. The van der Waals surface area contributed by atoms with Crippen LogP contribution in [0.5, 0.6) is 0 Å². The summed E-state index contributed by atoms with van der Waals surface area (Å²) < 4.78 is 47.1. The first kappa shape index (κ1) is 22.5. The number of nitrogens with one attached hydrogen (secondary N) is 1. The van der Waals surface area contributed by atoms with Crippen LogP contribution < -0.4 is 5.43 Å². The average molecular weight is 475 g/mol. The van der Waals surface area contributed by atoms with Crippen LogP contribution >= 0.6 is 11.3 Å². The van der Waals surface area contributed by atoms with E-state index in [0.717, 1.165) is 0 Å². The summed E-state index contributed by atoms with van der Waals surface area (Å²) in [5, 5.41) is 6.35. The number of morpholine rings is 1. The van der Waals surface area contributed by atoms with Gasteiger partial charge < -0.3 is 4.74 Å². The molecule has 1 aliphatic heterocycles. The maximum absolute atomic E-state index is 13.7. The van der Waals surface area contributed by atoms with E-state index < -0.39 is 10.0 Å². The lowest BCUT2D eigenvalue weighted by molar-refractivity contribution is -0.0440. The molecule has 1 N–H and O–H groups in total. The summed E-state index contributed by atoms with van der Waals surface area (Å²) in [6.45, 7) is 4.38. The normalized spacial score (nSPS) is 20.0. The molecule has 2 aromatic carbocycles. The fraction of sp³-hybridized carbons (Fsp3) is 0.273. The lowest BCUT2D eigenvalue weighted by atomic mass is 10.2. The van der Waals surface area contributed by atoms with Crippen LogP contribution in [-0.2, 0) is 14.8 Å². The van der Waals surface area contributed by atoms with E-state index in [1.54, 1.807) is 36.4 Å². The number of rotatable bonds is 6. The van der Waals surface area contributed by atoms with Crippen LogP contribution in [0.1, 0.15) is 19.4 Å². The molecule has 7 nitrogen and oxygen atoms in total. The SMILES string of the molecule is CC1CN(S(=O)(=O)c2cccc(-c3csc(N/N=C/c4ccccc4F)n3)c2)CC(C)O1. The monoisotopic (exact) mass is 474 g/mol. The molecule has 1 fully saturated rings. The molecule has 0 saturated carbocycles. The molecule has 0 bridgehead atoms. The molecule has 1 aromatic heterocycles. The zero-order chi connectivity index (χ0) is 22.7. The molecular formula is C22H23FN4O3S2. The van der Waals surface area contributed by atoms with Gasteiger partial charge in [-0.3, -0.25) is 5.43 Å². The Bertz CT molecular complexity index is 1220. The molecule has 168 valence electrons. The molecule has 0 aliphatic carbocycles. The van der Waals surface area contributed by atoms with Crippen molar-refractivity contribution < 1.29 is 17.5 Å². The summed E-state index contributed by atoms with van der Waals surface area (Å²) in [6.07, 6.45) is 1.07. The van der Waals surface area contributed by atoms with E-state index in [9.17, 15) is 12.8 Å². The van der Waals surface area contributed by atoms with Gasteiger partial charge in [0, 0.05) is 29.6 Å². The van der Waals surface area contributed by atoms with Crippen molar-refractivity contribution in [2.75, 3.05) is 18.5 Å². The molecule has 2 heterocycles. The van der Waals surface area contributed by atoms with Gasteiger partial charge in [-0.2, -0.15) is 9.41 Å². The van der Waals surface area contributed by atoms with Crippen molar-refractivity contribution in [3.8, 4) is 11.3 Å². The van der Waals surface area contributed by atoms with E-state index in [1.807, 2.05) is 25.3 Å². The highest BCUT2D eigenvalue weighted by Crippen LogP contribution is 2.28. The van der Waals surface area contributed by atoms with Crippen molar-refractivity contribution in [2.45, 2.75) is 31.0 Å². The van der Waals surface area contributed by atoms with Gasteiger partial charge in [0.2, 0.25) is 15.2 Å². The number of benzene rings is 2. The van der Waals surface area contributed by atoms with Gasteiger partial charge in [0.25, 0.3) is 0 Å². The van der Waals surface area contributed by atoms with Gasteiger partial charge in [-0.1, -0.05) is 30.3 Å². The molecule has 0 spiro atoms. The quantitative estimate of drug-likeness (QED) is 0.428. The molecule has 1 aliphatic rings. The maximum Gasteiger partial charge on any atom is 0.243 e. The van der Waals surface area contributed by atoms with Gasteiger partial charge in [0.15, 0.2) is 0 Å². The van der Waals surface area contributed by atoms with Crippen molar-refractivity contribution in [3.63, 3.8) is 0 Å². The van der Waals surface area contributed by atoms with Gasteiger partial charge in [-0.05, 0) is 32.0 Å². The van der Waals surface area contributed by atoms with Gasteiger partial charge in [0.1, 0.15) is 5.82 Å². The summed E-state index contributed by atoms with van der Waals surface area (Å²) in [5.41, 5.74) is 4.46. The van der Waals surface area contributed by atoms with Crippen molar-refractivity contribution in [3.05, 3.63) is 65.3 Å². The number of aromatic nitrogens is 1. The first-order valence-corrected chi connectivity index (χ1v) is 12.4. The first-order valence-electron chi connectivity index (χ1n) is 10.1. The summed E-state index contributed by atoms with van der Waals surface area (Å²) >= 11 is 1.32. The fourth-order valence-electron chi connectivity index (χ4n) is 3.49. The predicted molar refractivity (Wildman–Crippen MR) is 124 cm³/mol. The summed E-state index contributed by atoms with van der Waals surface area (Å²) in [5.74, 6) is -0.361. The van der Waals surface area contributed by atoms with E-state index in [0.29, 0.717) is 35.0 Å². The smallest absolute Gasteiger partial charge is 0.243 e. The van der Waals surface area contributed by atoms with Gasteiger partial charge in [-0.25, -0.2) is 17.8 Å². The molecule has 4 rings (SSSR count). The molecule has 0 amide bonds. The lowest BCUT2D eigenvalue weighted by Crippen LogP contribution is -2.48. The van der Waals surface area contributed by atoms with Gasteiger partial charge in [0.05, 0.1) is 29.0 Å². The third-order valence-corrected chi connectivity index (χ3v) is 7.50. The Labute approximate surface area is 190 Å². The molecular weight excluding hydrogens is 451 g/mol. The van der Waals surface area contributed by atoms with Crippen LogP contribution in [0.3, 0.4) is 0 Å². The Balaban J connectivity index is 1.50. The number of ether oxygens (including phenoxy) is 1. The van der Waals surface area contributed by atoms with Crippen LogP contribution in [0.4, 0.5) is 9.52 Å². The minimum absolute atomic E-state index is 0.159. The fourth-order valence-corrected chi connectivity index (χ4v) is 5.79. The predicted octanol–water partition coefficient (Wildman–Crippen LogP) is 4.19. The van der Waals surface area contributed by atoms with Crippen LogP contribution in [0.15, 0.2) is 63.9 Å². The second-order valence-electron chi connectivity index (χ2n) is 7.54. The number of hydrogen-bond donors (Lipinski definition) is 1. The van der Waals surface area contributed by atoms with E-state index in [2.05, 4.69) is 15.5 Å². The van der Waals surface area contributed by atoms with Crippen molar-refractivity contribution >= 4 is 32.7 Å². The molecule has 32 heavy (non-hydrogen) atoms. The second kappa shape index (κ2) is 9.45. The minimum Gasteiger partial charge on any atom is -0.373 e. The Kier molecular flexibility index (Phi) is 6.66. The highest BCUT2D eigenvalue weighted by Gasteiger charge is 2.32. The van der Waals surface area contributed by atoms with E-state index >= 15 is 0 Å². The number of halogens is 1. The van der Waals surface area contributed by atoms with Gasteiger partial charge in [-0.15, -0.1) is 11.3 Å². The third-order valence-electron chi connectivity index (χ3n) is 4.93. The number of thiazole rings is 1. The van der Waals surface area contributed by atoms with Crippen molar-refractivity contribution in [1.29, 1.82) is 0 Å². The summed E-state index contributed by atoms with van der Waals surface area (Å²) in [7, 11) is -3.65. The zero-order valence-corrected chi connectivity index (χ0v) is 19.2. The van der Waals surface area contributed by atoms with E-state index in [-0.39, 0.29) is 22.9 Å². The Morgan fingerprint density at radius 2 is 1.94 bits per heavy atom. The topological polar surface area (TPSA) is 83.9 Å². The van der Waals surface area contributed by atoms with Crippen LogP contribution in [-0.4, -0.2) is 49.2 Å². The molecule has 3 aromatic rings.